The molecule has 1 N–H and O–H groups in total. The molecule has 0 spiro atoms. The van der Waals surface area contributed by atoms with Crippen LogP contribution < -0.4 is 0 Å². The van der Waals surface area contributed by atoms with E-state index in [1.165, 1.54) is 12.1 Å². The van der Waals surface area contributed by atoms with Gasteiger partial charge in [-0.25, -0.2) is 9.59 Å². The van der Waals surface area contributed by atoms with Gasteiger partial charge in [0, 0.05) is 0 Å². The normalized spacial score (nSPS) is 10.0. The molecule has 0 amide bonds. The molecule has 0 heterocycles. The van der Waals surface area contributed by atoms with E-state index in [-0.39, 0.29) is 17.7 Å². The third kappa shape index (κ3) is 3.61. The van der Waals surface area contributed by atoms with E-state index in [4.69, 9.17) is 9.84 Å². The first-order valence-corrected chi connectivity index (χ1v) is 6.80. The zero-order valence-electron chi connectivity index (χ0n) is 12.0. The van der Waals surface area contributed by atoms with Crippen LogP contribution in [-0.2, 0) is 17.8 Å². The maximum absolute atomic E-state index is 12.1. The number of benzene rings is 2. The minimum atomic E-state index is -1.15. The highest BCUT2D eigenvalue weighted by molar-refractivity contribution is 6.02. The minimum absolute atomic E-state index is 0.0520. The molecule has 0 saturated carbocycles. The molecule has 0 radical (unpaired) electrons. The molecule has 0 saturated heterocycles. The van der Waals surface area contributed by atoms with E-state index in [0.717, 1.165) is 11.1 Å². The predicted molar refractivity (Wildman–Crippen MR) is 82.9 cm³/mol. The number of carbonyl (C=O) groups excluding carboxylic acids is 1. The molecule has 4 heteroatoms. The lowest BCUT2D eigenvalue weighted by Crippen LogP contribution is -2.12. The quantitative estimate of drug-likeness (QED) is 0.655. The maximum Gasteiger partial charge on any atom is 0.339 e. The van der Waals surface area contributed by atoms with Gasteiger partial charge >= 0.3 is 11.9 Å². The number of hydrogen-bond acceptors (Lipinski definition) is 3. The van der Waals surface area contributed by atoms with E-state index in [0.29, 0.717) is 6.42 Å². The average molecular weight is 296 g/mol. The monoisotopic (exact) mass is 296 g/mol. The molecule has 0 aliphatic heterocycles. The van der Waals surface area contributed by atoms with Gasteiger partial charge in [0.1, 0.15) is 6.61 Å². The second-order valence-corrected chi connectivity index (χ2v) is 4.69. The van der Waals surface area contributed by atoms with E-state index >= 15 is 0 Å². The van der Waals surface area contributed by atoms with Gasteiger partial charge in [0.2, 0.25) is 0 Å². The van der Waals surface area contributed by atoms with Crippen LogP contribution in [0.15, 0.2) is 61.2 Å². The van der Waals surface area contributed by atoms with Crippen LogP contribution in [0.25, 0.3) is 0 Å². The van der Waals surface area contributed by atoms with Crippen LogP contribution in [0.5, 0.6) is 0 Å². The van der Waals surface area contributed by atoms with E-state index in [9.17, 15) is 9.59 Å². The first-order chi connectivity index (χ1) is 10.6. The number of hydrogen-bond donors (Lipinski definition) is 1. The van der Waals surface area contributed by atoms with Gasteiger partial charge in [0.25, 0.3) is 0 Å². The van der Waals surface area contributed by atoms with Crippen molar-refractivity contribution in [2.75, 3.05) is 0 Å². The Bertz CT molecular complexity index is 704. The summed E-state index contributed by atoms with van der Waals surface area (Å²) in [5.41, 5.74) is 1.89. The number of carboxylic acids is 1. The van der Waals surface area contributed by atoms with E-state index in [1.54, 1.807) is 18.2 Å². The number of allylic oxidation sites excluding steroid dienone is 1. The molecule has 4 nitrogen and oxygen atoms in total. The smallest absolute Gasteiger partial charge is 0.339 e. The second kappa shape index (κ2) is 7.22. The first-order valence-electron chi connectivity index (χ1n) is 6.80. The lowest BCUT2D eigenvalue weighted by atomic mass is 10.1. The second-order valence-electron chi connectivity index (χ2n) is 4.69. The average Bonchev–Trinajstić information content (AvgIpc) is 2.54. The van der Waals surface area contributed by atoms with Crippen molar-refractivity contribution in [3.63, 3.8) is 0 Å². The number of esters is 1. The minimum Gasteiger partial charge on any atom is -0.478 e. The van der Waals surface area contributed by atoms with Crippen molar-refractivity contribution >= 4 is 11.9 Å². The topological polar surface area (TPSA) is 63.6 Å². The molecule has 0 aliphatic carbocycles. The number of ether oxygens (including phenoxy) is 1. The van der Waals surface area contributed by atoms with Gasteiger partial charge in [-0.05, 0) is 29.7 Å². The number of carbonyl (C=O) groups is 2. The zero-order valence-corrected chi connectivity index (χ0v) is 12.0. The van der Waals surface area contributed by atoms with Crippen molar-refractivity contribution in [2.24, 2.45) is 0 Å². The maximum atomic E-state index is 12.1. The summed E-state index contributed by atoms with van der Waals surface area (Å²) in [4.78, 5) is 23.2. The van der Waals surface area contributed by atoms with E-state index < -0.39 is 11.9 Å². The Kier molecular flexibility index (Phi) is 5.09. The fourth-order valence-electron chi connectivity index (χ4n) is 2.12. The zero-order chi connectivity index (χ0) is 15.9. The van der Waals surface area contributed by atoms with Gasteiger partial charge < -0.3 is 9.84 Å². The number of rotatable bonds is 6. The molecule has 0 fully saturated rings. The molecule has 0 aliphatic rings. The SMILES string of the molecule is C=CCc1ccccc1COC(=O)c1ccccc1C(=O)O. The fourth-order valence-corrected chi connectivity index (χ4v) is 2.12. The molecular formula is C18H16O4. The summed E-state index contributed by atoms with van der Waals surface area (Å²) in [7, 11) is 0. The molecule has 0 aromatic heterocycles. The van der Waals surface area contributed by atoms with Gasteiger partial charge in [-0.2, -0.15) is 0 Å². The van der Waals surface area contributed by atoms with Gasteiger partial charge in [-0.3, -0.25) is 0 Å². The fraction of sp³-hybridized carbons (Fsp3) is 0.111. The summed E-state index contributed by atoms with van der Waals surface area (Å²) in [6, 6.07) is 13.6. The Labute approximate surface area is 128 Å². The lowest BCUT2D eigenvalue weighted by molar-refractivity contribution is 0.0463. The highest BCUT2D eigenvalue weighted by atomic mass is 16.5. The highest BCUT2D eigenvalue weighted by Gasteiger charge is 2.17. The molecular weight excluding hydrogens is 280 g/mol. The standard InChI is InChI=1S/C18H16O4/c1-2-7-13-8-3-4-9-14(13)12-22-18(21)16-11-6-5-10-15(16)17(19)20/h2-6,8-11H,1,7,12H2,(H,19,20). The third-order valence-electron chi connectivity index (χ3n) is 3.22. The molecule has 2 aromatic carbocycles. The summed E-state index contributed by atoms with van der Waals surface area (Å²) in [5, 5.41) is 9.10. The summed E-state index contributed by atoms with van der Waals surface area (Å²) in [6.07, 6.45) is 2.46. The Morgan fingerprint density at radius 1 is 1.00 bits per heavy atom. The third-order valence-corrected chi connectivity index (χ3v) is 3.22. The summed E-state index contributed by atoms with van der Waals surface area (Å²) >= 11 is 0. The van der Waals surface area contributed by atoms with Crippen LogP contribution in [0.2, 0.25) is 0 Å². The Hall–Kier alpha value is -2.88. The summed E-state index contributed by atoms with van der Waals surface area (Å²) in [6.45, 7) is 3.79. The molecule has 22 heavy (non-hydrogen) atoms. The Balaban J connectivity index is 2.14. The molecule has 112 valence electrons. The van der Waals surface area contributed by atoms with Crippen molar-refractivity contribution in [3.8, 4) is 0 Å². The predicted octanol–water partition coefficient (Wildman–Crippen LogP) is 3.47. The Morgan fingerprint density at radius 3 is 2.23 bits per heavy atom. The number of aromatic carboxylic acids is 1. The van der Waals surface area contributed by atoms with Gasteiger partial charge in [0.05, 0.1) is 11.1 Å². The highest BCUT2D eigenvalue weighted by Crippen LogP contribution is 2.15. The van der Waals surface area contributed by atoms with Crippen molar-refractivity contribution in [2.45, 2.75) is 13.0 Å². The van der Waals surface area contributed by atoms with Crippen LogP contribution in [0.4, 0.5) is 0 Å². The largest absolute Gasteiger partial charge is 0.478 e. The Morgan fingerprint density at radius 2 is 1.59 bits per heavy atom. The van der Waals surface area contributed by atoms with Crippen molar-refractivity contribution in [1.82, 2.24) is 0 Å². The van der Waals surface area contributed by atoms with Gasteiger partial charge in [-0.1, -0.05) is 42.5 Å². The van der Waals surface area contributed by atoms with Crippen LogP contribution in [0, 0.1) is 0 Å². The van der Waals surface area contributed by atoms with Gasteiger partial charge in [-0.15, -0.1) is 6.58 Å². The van der Waals surface area contributed by atoms with Crippen LogP contribution in [0.3, 0.4) is 0 Å². The van der Waals surface area contributed by atoms with E-state index in [1.807, 2.05) is 24.3 Å². The van der Waals surface area contributed by atoms with Crippen molar-refractivity contribution in [3.05, 3.63) is 83.4 Å². The number of carboxylic acid groups (broad SMARTS) is 1. The lowest BCUT2D eigenvalue weighted by Gasteiger charge is -2.10. The van der Waals surface area contributed by atoms with Crippen LogP contribution in [0.1, 0.15) is 31.8 Å². The van der Waals surface area contributed by atoms with Gasteiger partial charge in [0.15, 0.2) is 0 Å². The van der Waals surface area contributed by atoms with Crippen LogP contribution >= 0.6 is 0 Å². The molecule has 0 bridgehead atoms. The van der Waals surface area contributed by atoms with E-state index in [2.05, 4.69) is 6.58 Å². The molecule has 2 aromatic rings. The molecule has 0 unspecified atom stereocenters. The van der Waals surface area contributed by atoms with Crippen molar-refractivity contribution < 1.29 is 19.4 Å². The summed E-state index contributed by atoms with van der Waals surface area (Å²) < 4.78 is 5.26. The first kappa shape index (κ1) is 15.5. The van der Waals surface area contributed by atoms with Crippen molar-refractivity contribution in [1.29, 1.82) is 0 Å². The van der Waals surface area contributed by atoms with Crippen LogP contribution in [-0.4, -0.2) is 17.0 Å². The molecule has 2 rings (SSSR count). The molecule has 0 atom stereocenters. The summed E-state index contributed by atoms with van der Waals surface area (Å²) in [5.74, 6) is -1.80.